The maximum atomic E-state index is 5.95. The first-order valence-corrected chi connectivity index (χ1v) is 5.96. The van der Waals surface area contributed by atoms with Crippen LogP contribution in [0.15, 0.2) is 46.9 Å². The molecule has 2 rings (SSSR count). The number of hydrogen-bond donors (Lipinski definition) is 3. The molecule has 0 aliphatic rings. The minimum absolute atomic E-state index is 0. The van der Waals surface area contributed by atoms with Gasteiger partial charge in [0, 0.05) is 5.02 Å². The van der Waals surface area contributed by atoms with Crippen molar-refractivity contribution in [2.45, 2.75) is 6.54 Å². The number of hydrogen-bond acceptors (Lipinski definition) is 2. The number of nitrogens with two attached hydrogens (primary N) is 2. The van der Waals surface area contributed by atoms with Crippen molar-refractivity contribution in [1.29, 1.82) is 0 Å². The number of imidazole rings is 1. The van der Waals surface area contributed by atoms with Crippen molar-refractivity contribution >= 4 is 23.8 Å². The Morgan fingerprint density at radius 1 is 1.40 bits per heavy atom. The second-order valence-electron chi connectivity index (χ2n) is 3.87. The van der Waals surface area contributed by atoms with Crippen molar-refractivity contribution in [3.63, 3.8) is 0 Å². The van der Waals surface area contributed by atoms with Crippen LogP contribution in [0.1, 0.15) is 11.4 Å². The number of aromatic nitrogens is 2. The standard InChI is InChI=1S/C12H13ClN6.ClH/c13-10-3-1-2-9(6-10)8-19-5-4-16-11(19)7-17-18-12(14)15;/h1-7H,8H2,(H4,14,15,16,18);1H. The van der Waals surface area contributed by atoms with Crippen LogP contribution in [0.4, 0.5) is 0 Å². The molecular formula is C12H14Cl2N6. The van der Waals surface area contributed by atoms with E-state index in [0.29, 0.717) is 11.6 Å². The predicted molar refractivity (Wildman–Crippen MR) is 74.9 cm³/mol. The van der Waals surface area contributed by atoms with Crippen LogP contribution in [0.3, 0.4) is 0 Å². The van der Waals surface area contributed by atoms with Gasteiger partial charge in [-0.2, -0.15) is 0 Å². The van der Waals surface area contributed by atoms with Gasteiger partial charge in [0.05, 0.1) is 0 Å². The minimum atomic E-state index is -0.0794. The van der Waals surface area contributed by atoms with Crippen molar-refractivity contribution < 1.29 is 17.0 Å². The molecule has 0 bridgehead atoms. The Labute approximate surface area is 127 Å². The molecule has 0 amide bonds. The summed E-state index contributed by atoms with van der Waals surface area (Å²) in [5.41, 5.74) is 11.5. The molecule has 0 atom stereocenters. The molecule has 0 fully saturated rings. The first kappa shape index (κ1) is 16.0. The lowest BCUT2D eigenvalue weighted by atomic mass is 10.2. The zero-order valence-corrected chi connectivity index (χ0v) is 12.0. The van der Waals surface area contributed by atoms with Gasteiger partial charge >= 0.3 is 0 Å². The molecule has 0 spiro atoms. The summed E-state index contributed by atoms with van der Waals surface area (Å²) in [6, 6.07) is 7.67. The highest BCUT2D eigenvalue weighted by Gasteiger charge is 2.08. The first-order valence-electron chi connectivity index (χ1n) is 5.58. The van der Waals surface area contributed by atoms with Gasteiger partial charge in [-0.15, -0.1) is 10.2 Å². The molecule has 8 heteroatoms. The quantitative estimate of drug-likeness (QED) is 0.254. The highest BCUT2D eigenvalue weighted by atomic mass is 35.5. The average molecular weight is 313 g/mol. The number of halogens is 2. The van der Waals surface area contributed by atoms with Gasteiger partial charge in [0.2, 0.25) is 5.96 Å². The van der Waals surface area contributed by atoms with Crippen LogP contribution in [-0.2, 0) is 6.54 Å². The fraction of sp³-hybridized carbons (Fsp3) is 0.0833. The number of H-pyrrole nitrogens is 1. The average Bonchev–Trinajstić information content (AvgIpc) is 2.76. The lowest BCUT2D eigenvalue weighted by molar-refractivity contribution is -0.687. The van der Waals surface area contributed by atoms with Crippen LogP contribution in [0.2, 0.25) is 5.02 Å². The van der Waals surface area contributed by atoms with Gasteiger partial charge in [-0.1, -0.05) is 23.7 Å². The summed E-state index contributed by atoms with van der Waals surface area (Å²) in [7, 11) is 0. The molecule has 0 saturated carbocycles. The molecule has 0 radical (unpaired) electrons. The summed E-state index contributed by atoms with van der Waals surface area (Å²) in [4.78, 5) is 3.04. The second kappa shape index (κ2) is 7.52. The minimum Gasteiger partial charge on any atom is -1.00 e. The van der Waals surface area contributed by atoms with E-state index in [4.69, 9.17) is 23.1 Å². The van der Waals surface area contributed by atoms with E-state index in [9.17, 15) is 0 Å². The third-order valence-electron chi connectivity index (χ3n) is 2.39. The maximum Gasteiger partial charge on any atom is 0.300 e. The summed E-state index contributed by atoms with van der Waals surface area (Å²) >= 11 is 5.95. The number of nitrogens with one attached hydrogen (secondary N) is 1. The van der Waals surface area contributed by atoms with E-state index in [1.807, 2.05) is 35.0 Å². The molecule has 2 aromatic rings. The van der Waals surface area contributed by atoms with Crippen molar-refractivity contribution in [2.24, 2.45) is 21.7 Å². The summed E-state index contributed by atoms with van der Waals surface area (Å²) in [6.45, 7) is 0.674. The Morgan fingerprint density at radius 3 is 2.90 bits per heavy atom. The second-order valence-corrected chi connectivity index (χ2v) is 4.31. The van der Waals surface area contributed by atoms with Gasteiger partial charge in [-0.05, 0) is 17.7 Å². The topological polar surface area (TPSA) is 96.4 Å². The van der Waals surface area contributed by atoms with E-state index in [1.54, 1.807) is 12.4 Å². The number of rotatable bonds is 4. The summed E-state index contributed by atoms with van der Waals surface area (Å²) in [6.07, 6.45) is 5.25. The molecule has 1 aromatic heterocycles. The van der Waals surface area contributed by atoms with E-state index in [0.717, 1.165) is 11.4 Å². The molecule has 0 saturated heterocycles. The molecule has 6 nitrogen and oxygen atoms in total. The Hall–Kier alpha value is -2.05. The monoisotopic (exact) mass is 312 g/mol. The van der Waals surface area contributed by atoms with Crippen LogP contribution >= 0.6 is 11.6 Å². The van der Waals surface area contributed by atoms with Crippen LogP contribution in [0.25, 0.3) is 0 Å². The summed E-state index contributed by atoms with van der Waals surface area (Å²) in [5.74, 6) is 0.703. The van der Waals surface area contributed by atoms with Gasteiger partial charge in [0.1, 0.15) is 25.2 Å². The van der Waals surface area contributed by atoms with Crippen LogP contribution in [0, 0.1) is 0 Å². The van der Waals surface area contributed by atoms with Gasteiger partial charge in [0.25, 0.3) is 5.82 Å². The van der Waals surface area contributed by atoms with Gasteiger partial charge < -0.3 is 23.9 Å². The van der Waals surface area contributed by atoms with E-state index in [1.165, 1.54) is 0 Å². The fourth-order valence-corrected chi connectivity index (χ4v) is 1.82. The van der Waals surface area contributed by atoms with E-state index < -0.39 is 0 Å². The van der Waals surface area contributed by atoms with Crippen molar-refractivity contribution in [2.75, 3.05) is 0 Å². The Bertz CT molecular complexity index is 616. The molecule has 20 heavy (non-hydrogen) atoms. The largest absolute Gasteiger partial charge is 1.00 e. The number of aromatic amines is 1. The molecule has 1 heterocycles. The van der Waals surface area contributed by atoms with E-state index in [2.05, 4.69) is 15.2 Å². The molecule has 5 N–H and O–H groups in total. The lowest BCUT2D eigenvalue weighted by Crippen LogP contribution is -3.00. The fourth-order valence-electron chi connectivity index (χ4n) is 1.61. The highest BCUT2D eigenvalue weighted by Crippen LogP contribution is 2.10. The summed E-state index contributed by atoms with van der Waals surface area (Å²) < 4.78 is 1.97. The third-order valence-corrected chi connectivity index (χ3v) is 2.63. The Balaban J connectivity index is 0.00000200. The first-order chi connectivity index (χ1) is 9.15. The molecule has 0 aliphatic carbocycles. The number of guanidine groups is 1. The zero-order valence-electron chi connectivity index (χ0n) is 10.5. The third kappa shape index (κ3) is 4.56. The molecule has 0 aliphatic heterocycles. The smallest absolute Gasteiger partial charge is 0.300 e. The Morgan fingerprint density at radius 2 is 2.20 bits per heavy atom. The predicted octanol–water partition coefficient (Wildman–Crippen LogP) is -2.38. The zero-order chi connectivity index (χ0) is 13.7. The van der Waals surface area contributed by atoms with E-state index >= 15 is 0 Å². The normalized spacial score (nSPS) is 10.2. The van der Waals surface area contributed by atoms with Gasteiger partial charge in [-0.3, -0.25) is 0 Å². The molecule has 106 valence electrons. The molecule has 1 aromatic carbocycles. The summed E-state index contributed by atoms with van der Waals surface area (Å²) in [5, 5.41) is 8.03. The van der Waals surface area contributed by atoms with Crippen molar-refractivity contribution in [3.05, 3.63) is 53.1 Å². The van der Waals surface area contributed by atoms with Crippen molar-refractivity contribution in [1.82, 2.24) is 4.98 Å². The lowest BCUT2D eigenvalue weighted by Gasteiger charge is -1.99. The molecule has 0 unspecified atom stereocenters. The number of benzene rings is 1. The van der Waals surface area contributed by atoms with Gasteiger partial charge in [0.15, 0.2) is 0 Å². The van der Waals surface area contributed by atoms with Crippen LogP contribution in [0.5, 0.6) is 0 Å². The highest BCUT2D eigenvalue weighted by molar-refractivity contribution is 6.30. The van der Waals surface area contributed by atoms with Crippen LogP contribution < -0.4 is 28.4 Å². The molecular weight excluding hydrogens is 299 g/mol. The van der Waals surface area contributed by atoms with Crippen molar-refractivity contribution in [3.8, 4) is 0 Å². The number of nitrogens with zero attached hydrogens (tertiary/aromatic N) is 3. The SMILES string of the molecule is NC(N)=N/N=C/c1[nH]cc[n+]1Cc1cccc(Cl)c1.[Cl-]. The Kier molecular flexibility index (Phi) is 6.02. The van der Waals surface area contributed by atoms with Crippen LogP contribution in [-0.4, -0.2) is 17.2 Å². The van der Waals surface area contributed by atoms with Gasteiger partial charge in [-0.25, -0.2) is 9.55 Å². The maximum absolute atomic E-state index is 5.95. The van der Waals surface area contributed by atoms with E-state index in [-0.39, 0.29) is 18.4 Å².